The Balaban J connectivity index is 0.000000214. The van der Waals surface area contributed by atoms with Crippen molar-refractivity contribution in [3.8, 4) is 23.3 Å². The zero-order valence-corrected chi connectivity index (χ0v) is 50.9. The van der Waals surface area contributed by atoms with Crippen LogP contribution in [0.1, 0.15) is 65.7 Å². The summed E-state index contributed by atoms with van der Waals surface area (Å²) in [6.07, 6.45) is 3.27. The van der Waals surface area contributed by atoms with Gasteiger partial charge in [0.15, 0.2) is 92.4 Å². The molecular formula is C65H55F11N16O4. The van der Waals surface area contributed by atoms with Gasteiger partial charge in [0.05, 0.1) is 24.9 Å². The topological polar surface area (TPSA) is 296 Å². The van der Waals surface area contributed by atoms with Gasteiger partial charge in [-0.3, -0.25) is 14.7 Å². The van der Waals surface area contributed by atoms with Crippen molar-refractivity contribution in [2.45, 2.75) is 39.3 Å². The van der Waals surface area contributed by atoms with Gasteiger partial charge in [-0.25, -0.2) is 73.6 Å². The number of carbonyl (C=O) groups is 3. The Bertz CT molecular complexity index is 4460. The van der Waals surface area contributed by atoms with Crippen molar-refractivity contribution in [1.29, 1.82) is 10.5 Å². The van der Waals surface area contributed by atoms with Crippen LogP contribution in [0.25, 0.3) is 22.2 Å². The number of alkyl carbamates (subject to hydrolysis) is 1. The number of aromatic nitrogens is 7. The second-order valence-corrected chi connectivity index (χ2v) is 20.0. The zero-order chi connectivity index (χ0) is 70.2. The number of benzene rings is 6. The number of hydrogen-bond acceptors (Lipinski definition) is 16. The first-order valence-electron chi connectivity index (χ1n) is 27.8. The monoisotopic (exact) mass is 1330 g/mol. The highest BCUT2D eigenvalue weighted by atomic mass is 19.2. The van der Waals surface area contributed by atoms with Crippen LogP contribution in [-0.2, 0) is 44.0 Å². The summed E-state index contributed by atoms with van der Waals surface area (Å²) in [6.45, 7) is 1.12. The number of fused-ring (bicyclic) bond motifs is 1. The predicted molar refractivity (Wildman–Crippen MR) is 328 cm³/mol. The molecule has 8 N–H and O–H groups in total. The van der Waals surface area contributed by atoms with E-state index in [1.807, 2.05) is 36.4 Å². The Labute approximate surface area is 540 Å². The number of aromatic amines is 1. The van der Waals surface area contributed by atoms with Gasteiger partial charge in [0.1, 0.15) is 18.0 Å². The number of amides is 3. The summed E-state index contributed by atoms with van der Waals surface area (Å²) in [5, 5.41) is 33.7. The number of nitriles is 2. The van der Waals surface area contributed by atoms with E-state index in [0.717, 1.165) is 93.3 Å². The number of nitrogens with zero attached hydrogens (tertiary/aromatic N) is 10. The molecule has 0 fully saturated rings. The molecule has 0 bridgehead atoms. The van der Waals surface area contributed by atoms with Crippen LogP contribution in [0.2, 0.25) is 0 Å². The molecule has 3 amide bonds. The summed E-state index contributed by atoms with van der Waals surface area (Å²) in [7, 11) is 5.81. The Morgan fingerprint density at radius 2 is 0.969 bits per heavy atom. The van der Waals surface area contributed by atoms with Crippen LogP contribution in [0, 0.1) is 86.8 Å². The van der Waals surface area contributed by atoms with Gasteiger partial charge in [-0.05, 0) is 113 Å². The standard InChI is InChI=1S/C27H21F2N9O.C14H9F3N4O.C9H9F2NO2.C8H9F2N.C7H7F2N/c1-38(14-16-4-7-21(28)22(29)8-16)27(39)23-26(34-13-19(10-30)35-23)32-11-15-2-5-17(6-3-15)18-9-20-24(31)36-37-25(20)33-12-18;1-21(7-8-2-3-10(15)11(16)4-8)14(22)12-13(17)19-6-9(5-18)20-12;1-14-9(13)12-5-6-2-3-7(10)8(11)4-6;1-11-5-6-2-3-7(9)8(10)4-6;8-6-2-1-5(4-10)3-7(6)9/h2-9,12-13H,11,14H2,1H3,(H,32,34)(H3,31,33,36,37);2-4,6H,7H2,1H3;2-4H,5H2,1H3,(H,12,13);2-4,11H,5H2,1H3;1-3H,4,10H2. The summed E-state index contributed by atoms with van der Waals surface area (Å²) in [6, 6.07) is 30.6. The third kappa shape index (κ3) is 21.0. The largest absolute Gasteiger partial charge is 0.453 e. The Kier molecular flexibility index (Phi) is 26.8. The van der Waals surface area contributed by atoms with Gasteiger partial charge in [0, 0.05) is 65.1 Å². The van der Waals surface area contributed by atoms with Gasteiger partial charge in [-0.1, -0.05) is 54.6 Å². The zero-order valence-electron chi connectivity index (χ0n) is 50.9. The lowest BCUT2D eigenvalue weighted by molar-refractivity contribution is 0.0768. The van der Waals surface area contributed by atoms with E-state index in [2.05, 4.69) is 55.8 Å². The molecule has 0 atom stereocenters. The molecule has 10 aromatic rings. The van der Waals surface area contributed by atoms with Crippen LogP contribution < -0.4 is 27.4 Å². The third-order valence-corrected chi connectivity index (χ3v) is 13.0. The van der Waals surface area contributed by atoms with Crippen LogP contribution in [-0.4, -0.2) is 91.1 Å². The number of nitrogen functional groups attached to an aromatic ring is 1. The van der Waals surface area contributed by atoms with E-state index < -0.39 is 87.7 Å². The molecule has 20 nitrogen and oxygen atoms in total. The van der Waals surface area contributed by atoms with E-state index in [-0.39, 0.29) is 49.1 Å². The van der Waals surface area contributed by atoms with Gasteiger partial charge in [0.25, 0.3) is 11.8 Å². The Hall–Kier alpha value is -12.0. The lowest BCUT2D eigenvalue weighted by atomic mass is 10.0. The fourth-order valence-corrected chi connectivity index (χ4v) is 8.11. The number of ether oxygens (including phenoxy) is 1. The van der Waals surface area contributed by atoms with Crippen LogP contribution in [0.4, 0.5) is 64.7 Å². The molecule has 0 saturated carbocycles. The molecule has 4 aromatic heterocycles. The van der Waals surface area contributed by atoms with E-state index in [4.69, 9.17) is 16.7 Å². The number of pyridine rings is 1. The van der Waals surface area contributed by atoms with Gasteiger partial charge < -0.3 is 42.0 Å². The minimum atomic E-state index is -1.11. The smallest absolute Gasteiger partial charge is 0.407 e. The first-order chi connectivity index (χ1) is 45.8. The highest BCUT2D eigenvalue weighted by Crippen LogP contribution is 2.26. The number of rotatable bonds is 15. The molecule has 96 heavy (non-hydrogen) atoms. The van der Waals surface area contributed by atoms with Crippen molar-refractivity contribution in [1.82, 2.24) is 55.6 Å². The van der Waals surface area contributed by atoms with Crippen molar-refractivity contribution >= 4 is 40.6 Å². The average molecular weight is 1330 g/mol. The first kappa shape index (κ1) is 73.1. The molecule has 0 aliphatic carbocycles. The van der Waals surface area contributed by atoms with Gasteiger partial charge in [-0.2, -0.15) is 20.0 Å². The minimum absolute atomic E-state index is 0.000509. The SMILES string of the molecule is CN(Cc1ccc(F)c(F)c1)C(=O)c1nc(C#N)cnc1F.CN(Cc1ccc(F)c(F)c1)C(=O)c1nc(C#N)cnc1NCc1ccc(-c2cnc3n[nH]c(N)c3c2)cc1.CNCc1ccc(F)c(F)c1.COC(=O)NCc1ccc(F)c(F)c1.NCc1ccc(F)c(F)c1. The summed E-state index contributed by atoms with van der Waals surface area (Å²) >= 11 is 0. The summed E-state index contributed by atoms with van der Waals surface area (Å²) < 4.78 is 145. The Morgan fingerprint density at radius 1 is 0.531 bits per heavy atom. The predicted octanol–water partition coefficient (Wildman–Crippen LogP) is 11.0. The normalized spacial score (nSPS) is 10.3. The lowest BCUT2D eigenvalue weighted by Crippen LogP contribution is -2.28. The lowest BCUT2D eigenvalue weighted by Gasteiger charge is -2.19. The molecule has 10 rings (SSSR count). The number of methoxy groups -OCH3 is 1. The van der Waals surface area contributed by atoms with E-state index in [9.17, 15) is 67.9 Å². The van der Waals surface area contributed by atoms with Crippen molar-refractivity contribution in [3.63, 3.8) is 0 Å². The number of H-pyrrole nitrogens is 1. The van der Waals surface area contributed by atoms with Gasteiger partial charge >= 0.3 is 6.09 Å². The third-order valence-electron chi connectivity index (χ3n) is 13.0. The van der Waals surface area contributed by atoms with Crippen LogP contribution in [0.5, 0.6) is 0 Å². The van der Waals surface area contributed by atoms with Gasteiger partial charge in [-0.15, -0.1) is 0 Å². The maximum Gasteiger partial charge on any atom is 0.407 e. The van der Waals surface area contributed by atoms with Crippen molar-refractivity contribution < 1.29 is 67.4 Å². The summed E-state index contributed by atoms with van der Waals surface area (Å²) in [5.41, 5.74) is 16.0. The highest BCUT2D eigenvalue weighted by Gasteiger charge is 2.23. The molecular weight excluding hydrogens is 1280 g/mol. The molecule has 6 aromatic carbocycles. The quantitative estimate of drug-likeness (QED) is 0.0520. The van der Waals surface area contributed by atoms with Gasteiger partial charge in [0.2, 0.25) is 5.95 Å². The van der Waals surface area contributed by atoms with E-state index in [1.165, 1.54) is 62.6 Å². The minimum Gasteiger partial charge on any atom is -0.453 e. The van der Waals surface area contributed by atoms with E-state index in [0.29, 0.717) is 46.8 Å². The molecule has 0 spiro atoms. The van der Waals surface area contributed by atoms with E-state index >= 15 is 0 Å². The number of nitrogens with two attached hydrogens (primary N) is 2. The first-order valence-corrected chi connectivity index (χ1v) is 27.8. The van der Waals surface area contributed by atoms with Crippen LogP contribution in [0.15, 0.2) is 140 Å². The average Bonchev–Trinajstić information content (AvgIpc) is 1.20. The molecule has 0 saturated heterocycles. The molecule has 0 aliphatic rings. The Morgan fingerprint density at radius 3 is 1.45 bits per heavy atom. The van der Waals surface area contributed by atoms with Crippen molar-refractivity contribution in [3.05, 3.63) is 260 Å². The number of anilines is 2. The second-order valence-electron chi connectivity index (χ2n) is 20.0. The van der Waals surface area contributed by atoms with Crippen molar-refractivity contribution in [2.24, 2.45) is 5.73 Å². The van der Waals surface area contributed by atoms with E-state index in [1.54, 1.807) is 25.4 Å². The molecule has 0 unspecified atom stereocenters. The molecule has 0 radical (unpaired) electrons. The fraction of sp³-hybridized carbons (Fsp3) is 0.154. The molecule has 496 valence electrons. The number of halogens is 11. The fourth-order valence-electron chi connectivity index (χ4n) is 8.11. The maximum atomic E-state index is 13.6. The molecule has 4 heterocycles. The molecule has 0 aliphatic heterocycles. The summed E-state index contributed by atoms with van der Waals surface area (Å²) in [4.78, 5) is 57.8. The maximum absolute atomic E-state index is 13.6. The highest BCUT2D eigenvalue weighted by molar-refractivity contribution is 5.97. The number of hydrogen-bond donors (Lipinski definition) is 6. The second kappa shape index (κ2) is 35.2. The molecule has 31 heteroatoms. The van der Waals surface area contributed by atoms with Crippen LogP contribution >= 0.6 is 0 Å². The number of carbonyl (C=O) groups excluding carboxylic acids is 3. The number of nitrogens with one attached hydrogen (secondary N) is 4. The van der Waals surface area contributed by atoms with Crippen molar-refractivity contribution in [2.75, 3.05) is 39.3 Å². The van der Waals surface area contributed by atoms with Crippen LogP contribution in [0.3, 0.4) is 0 Å². The summed E-state index contributed by atoms with van der Waals surface area (Å²) in [5.74, 6) is -11.0.